The molecule has 0 fully saturated rings. The molecule has 0 spiro atoms. The normalized spacial score (nSPS) is 12.2. The summed E-state index contributed by atoms with van der Waals surface area (Å²) >= 11 is 0. The molecule has 2 aromatic carbocycles. The van der Waals surface area contributed by atoms with Gasteiger partial charge in [0, 0.05) is 5.92 Å². The predicted molar refractivity (Wildman–Crippen MR) is 82.4 cm³/mol. The van der Waals surface area contributed by atoms with E-state index in [9.17, 15) is 4.79 Å². The summed E-state index contributed by atoms with van der Waals surface area (Å²) in [5.74, 6) is 0.0476. The van der Waals surface area contributed by atoms with Crippen molar-refractivity contribution in [1.29, 1.82) is 0 Å². The molecule has 2 heteroatoms. The number of hydrogen-bond donors (Lipinski definition) is 1. The number of benzene rings is 2. The largest absolute Gasteiger partial charge is 0.345 e. The molecule has 0 aliphatic heterocycles. The van der Waals surface area contributed by atoms with Crippen LogP contribution in [0.25, 0.3) is 0 Å². The molecule has 2 rings (SSSR count). The van der Waals surface area contributed by atoms with Crippen LogP contribution >= 0.6 is 0 Å². The molecule has 2 nitrogen and oxygen atoms in total. The molecular formula is C18H21NO. The van der Waals surface area contributed by atoms with Gasteiger partial charge in [-0.05, 0) is 18.1 Å². The Labute approximate surface area is 120 Å². The maximum atomic E-state index is 12.1. The maximum Gasteiger partial charge on any atom is 0.223 e. The van der Waals surface area contributed by atoms with Gasteiger partial charge in [-0.1, -0.05) is 74.0 Å². The minimum atomic E-state index is -0.0917. The zero-order valence-electron chi connectivity index (χ0n) is 12.3. The zero-order chi connectivity index (χ0) is 14.5. The van der Waals surface area contributed by atoms with Crippen molar-refractivity contribution in [3.05, 3.63) is 71.3 Å². The van der Waals surface area contributed by atoms with E-state index in [0.717, 1.165) is 11.1 Å². The SMILES string of the molecule is Cc1cccc([C@H](NC(=O)C(C)C)c2ccccc2)c1. The highest BCUT2D eigenvalue weighted by Gasteiger charge is 2.18. The molecule has 0 unspecified atom stereocenters. The van der Waals surface area contributed by atoms with Gasteiger partial charge in [0.2, 0.25) is 5.91 Å². The molecular weight excluding hydrogens is 246 g/mol. The molecule has 1 atom stereocenters. The lowest BCUT2D eigenvalue weighted by Gasteiger charge is -2.21. The maximum absolute atomic E-state index is 12.1. The highest BCUT2D eigenvalue weighted by atomic mass is 16.1. The van der Waals surface area contributed by atoms with Gasteiger partial charge in [0.25, 0.3) is 0 Å². The van der Waals surface area contributed by atoms with E-state index in [-0.39, 0.29) is 17.9 Å². The molecule has 1 N–H and O–H groups in total. The fraction of sp³-hybridized carbons (Fsp3) is 0.278. The summed E-state index contributed by atoms with van der Waals surface area (Å²) in [5.41, 5.74) is 3.42. The molecule has 0 heterocycles. The van der Waals surface area contributed by atoms with Crippen LogP contribution in [0.1, 0.15) is 36.6 Å². The van der Waals surface area contributed by atoms with Crippen LogP contribution in [0.15, 0.2) is 54.6 Å². The van der Waals surface area contributed by atoms with Crippen LogP contribution in [0.3, 0.4) is 0 Å². The molecule has 104 valence electrons. The molecule has 0 radical (unpaired) electrons. The monoisotopic (exact) mass is 267 g/mol. The molecule has 0 bridgehead atoms. The van der Waals surface area contributed by atoms with Crippen LogP contribution in [0, 0.1) is 12.8 Å². The van der Waals surface area contributed by atoms with E-state index in [1.165, 1.54) is 5.56 Å². The smallest absolute Gasteiger partial charge is 0.223 e. The van der Waals surface area contributed by atoms with Gasteiger partial charge in [-0.3, -0.25) is 4.79 Å². The minimum absolute atomic E-state index is 0.0222. The number of nitrogens with one attached hydrogen (secondary N) is 1. The first-order valence-electron chi connectivity index (χ1n) is 7.00. The van der Waals surface area contributed by atoms with E-state index in [1.54, 1.807) is 0 Å². The van der Waals surface area contributed by atoms with Crippen LogP contribution < -0.4 is 5.32 Å². The van der Waals surface area contributed by atoms with Crippen molar-refractivity contribution in [2.75, 3.05) is 0 Å². The summed E-state index contributed by atoms with van der Waals surface area (Å²) in [7, 11) is 0. The van der Waals surface area contributed by atoms with E-state index in [0.29, 0.717) is 0 Å². The molecule has 20 heavy (non-hydrogen) atoms. The summed E-state index contributed by atoms with van der Waals surface area (Å²) in [5, 5.41) is 3.14. The van der Waals surface area contributed by atoms with Crippen molar-refractivity contribution in [2.45, 2.75) is 26.8 Å². The molecule has 0 aromatic heterocycles. The number of amides is 1. The minimum Gasteiger partial charge on any atom is -0.345 e. The van der Waals surface area contributed by atoms with E-state index in [2.05, 4.69) is 30.4 Å². The Morgan fingerprint density at radius 1 is 0.950 bits per heavy atom. The van der Waals surface area contributed by atoms with Crippen molar-refractivity contribution in [2.24, 2.45) is 5.92 Å². The lowest BCUT2D eigenvalue weighted by molar-refractivity contribution is -0.124. The average Bonchev–Trinajstić information content (AvgIpc) is 2.45. The number of aryl methyl sites for hydroxylation is 1. The Balaban J connectivity index is 2.37. The number of carbonyl (C=O) groups is 1. The highest BCUT2D eigenvalue weighted by Crippen LogP contribution is 2.23. The molecule has 0 aliphatic rings. The first-order valence-corrected chi connectivity index (χ1v) is 7.00. The second-order valence-electron chi connectivity index (χ2n) is 5.42. The van der Waals surface area contributed by atoms with Crippen molar-refractivity contribution in [1.82, 2.24) is 5.32 Å². The standard InChI is InChI=1S/C18H21NO/c1-13(2)18(20)19-17(15-9-5-4-6-10-15)16-11-7-8-14(3)12-16/h4-13,17H,1-3H3,(H,19,20)/t17-/m1/s1. The van der Waals surface area contributed by atoms with Gasteiger partial charge in [0.1, 0.15) is 0 Å². The van der Waals surface area contributed by atoms with Crippen molar-refractivity contribution >= 4 is 5.91 Å². The summed E-state index contributed by atoms with van der Waals surface area (Å²) in [6, 6.07) is 18.3. The van der Waals surface area contributed by atoms with Crippen LogP contribution in [-0.4, -0.2) is 5.91 Å². The molecule has 0 saturated carbocycles. The second-order valence-corrected chi connectivity index (χ2v) is 5.42. The van der Waals surface area contributed by atoms with Gasteiger partial charge in [-0.2, -0.15) is 0 Å². The van der Waals surface area contributed by atoms with E-state index in [4.69, 9.17) is 0 Å². The Kier molecular flexibility index (Phi) is 4.57. The molecule has 1 amide bonds. The summed E-state index contributed by atoms with van der Waals surface area (Å²) in [6.07, 6.45) is 0. The van der Waals surface area contributed by atoms with Crippen LogP contribution in [-0.2, 0) is 4.79 Å². The van der Waals surface area contributed by atoms with E-state index < -0.39 is 0 Å². The summed E-state index contributed by atoms with van der Waals surface area (Å²) < 4.78 is 0. The van der Waals surface area contributed by atoms with Gasteiger partial charge >= 0.3 is 0 Å². The predicted octanol–water partition coefficient (Wildman–Crippen LogP) is 3.86. The Morgan fingerprint density at radius 3 is 2.20 bits per heavy atom. The third kappa shape index (κ3) is 3.47. The Morgan fingerprint density at radius 2 is 1.60 bits per heavy atom. The quantitative estimate of drug-likeness (QED) is 0.895. The zero-order valence-corrected chi connectivity index (χ0v) is 12.3. The number of carbonyl (C=O) groups excluding carboxylic acids is 1. The van der Waals surface area contributed by atoms with Crippen molar-refractivity contribution in [3.8, 4) is 0 Å². The highest BCUT2D eigenvalue weighted by molar-refractivity contribution is 5.78. The Hall–Kier alpha value is -2.09. The van der Waals surface area contributed by atoms with Gasteiger partial charge in [0.05, 0.1) is 6.04 Å². The number of hydrogen-bond acceptors (Lipinski definition) is 1. The third-order valence-corrected chi connectivity index (χ3v) is 3.32. The van der Waals surface area contributed by atoms with E-state index in [1.807, 2.05) is 50.2 Å². The summed E-state index contributed by atoms with van der Waals surface area (Å²) in [6.45, 7) is 5.89. The fourth-order valence-electron chi connectivity index (χ4n) is 2.16. The first-order chi connectivity index (χ1) is 9.58. The lowest BCUT2D eigenvalue weighted by atomic mass is 9.96. The van der Waals surface area contributed by atoms with Gasteiger partial charge in [0.15, 0.2) is 0 Å². The van der Waals surface area contributed by atoms with Gasteiger partial charge in [-0.15, -0.1) is 0 Å². The lowest BCUT2D eigenvalue weighted by Crippen LogP contribution is -2.32. The van der Waals surface area contributed by atoms with E-state index >= 15 is 0 Å². The van der Waals surface area contributed by atoms with Crippen LogP contribution in [0.4, 0.5) is 0 Å². The second kappa shape index (κ2) is 6.38. The topological polar surface area (TPSA) is 29.1 Å². The average molecular weight is 267 g/mol. The number of rotatable bonds is 4. The van der Waals surface area contributed by atoms with Gasteiger partial charge in [-0.25, -0.2) is 0 Å². The molecule has 2 aromatic rings. The van der Waals surface area contributed by atoms with Crippen molar-refractivity contribution < 1.29 is 4.79 Å². The first kappa shape index (κ1) is 14.3. The molecule has 0 saturated heterocycles. The summed E-state index contributed by atoms with van der Waals surface area (Å²) in [4.78, 5) is 12.1. The van der Waals surface area contributed by atoms with Crippen LogP contribution in [0.5, 0.6) is 0 Å². The Bertz CT molecular complexity index is 575. The molecule has 0 aliphatic carbocycles. The van der Waals surface area contributed by atoms with Crippen LogP contribution in [0.2, 0.25) is 0 Å². The fourth-order valence-corrected chi connectivity index (χ4v) is 2.16. The third-order valence-electron chi connectivity index (χ3n) is 3.32. The van der Waals surface area contributed by atoms with Gasteiger partial charge < -0.3 is 5.32 Å². The van der Waals surface area contributed by atoms with Crippen molar-refractivity contribution in [3.63, 3.8) is 0 Å².